The van der Waals surface area contributed by atoms with Gasteiger partial charge < -0.3 is 15.0 Å². The molecule has 0 radical (unpaired) electrons. The van der Waals surface area contributed by atoms with Gasteiger partial charge in [0.05, 0.1) is 12.8 Å². The molecule has 0 amide bonds. The first-order valence-electron chi connectivity index (χ1n) is 9.42. The number of ether oxygens (including phenoxy) is 1. The normalized spacial score (nSPS) is 14.0. The minimum absolute atomic E-state index is 0.790. The first-order valence-corrected chi connectivity index (χ1v) is 9.42. The lowest BCUT2D eigenvalue weighted by Gasteiger charge is -2.27. The minimum Gasteiger partial charge on any atom is -0.497 e. The fourth-order valence-electron chi connectivity index (χ4n) is 3.34. The summed E-state index contributed by atoms with van der Waals surface area (Å²) in [6.45, 7) is 2.02. The summed E-state index contributed by atoms with van der Waals surface area (Å²) in [5.41, 5.74) is 2.96. The van der Waals surface area contributed by atoms with E-state index >= 15 is 0 Å². The van der Waals surface area contributed by atoms with Crippen LogP contribution >= 0.6 is 0 Å². The minimum atomic E-state index is 0.790. The van der Waals surface area contributed by atoms with Crippen molar-refractivity contribution in [2.24, 2.45) is 0 Å². The number of nitrogens with one attached hydrogen (secondary N) is 1. The fourth-order valence-corrected chi connectivity index (χ4v) is 3.34. The van der Waals surface area contributed by atoms with E-state index in [4.69, 9.17) is 14.7 Å². The molecule has 0 spiro atoms. The van der Waals surface area contributed by atoms with Gasteiger partial charge in [0.15, 0.2) is 0 Å². The molecule has 0 aliphatic carbocycles. The van der Waals surface area contributed by atoms with Gasteiger partial charge in [0.25, 0.3) is 0 Å². The fraction of sp³-hybridized carbons (Fsp3) is 0.273. The Kier molecular flexibility index (Phi) is 5.19. The van der Waals surface area contributed by atoms with Gasteiger partial charge in [-0.1, -0.05) is 36.4 Å². The van der Waals surface area contributed by atoms with Gasteiger partial charge >= 0.3 is 0 Å². The van der Waals surface area contributed by atoms with Crippen molar-refractivity contribution in [3.05, 3.63) is 60.7 Å². The third-order valence-corrected chi connectivity index (χ3v) is 4.76. The van der Waals surface area contributed by atoms with Crippen LogP contribution in [0.4, 0.5) is 17.5 Å². The second-order valence-electron chi connectivity index (χ2n) is 6.71. The SMILES string of the molecule is COc1cccc(Nc2cc(-c3ccccc3)nc(N3CCCCC3)n2)c1. The topological polar surface area (TPSA) is 50.3 Å². The molecular formula is C22H24N4O. The average molecular weight is 360 g/mol. The van der Waals surface area contributed by atoms with Gasteiger partial charge in [-0.2, -0.15) is 4.98 Å². The van der Waals surface area contributed by atoms with Crippen LogP contribution < -0.4 is 15.0 Å². The van der Waals surface area contributed by atoms with E-state index in [0.29, 0.717) is 0 Å². The Morgan fingerprint density at radius 2 is 1.70 bits per heavy atom. The van der Waals surface area contributed by atoms with Gasteiger partial charge in [-0.25, -0.2) is 4.98 Å². The van der Waals surface area contributed by atoms with Crippen molar-refractivity contribution in [1.29, 1.82) is 0 Å². The van der Waals surface area contributed by atoms with Gasteiger partial charge in [0, 0.05) is 36.5 Å². The molecule has 138 valence electrons. The molecule has 0 saturated carbocycles. The van der Waals surface area contributed by atoms with Gasteiger partial charge in [0.1, 0.15) is 11.6 Å². The summed E-state index contributed by atoms with van der Waals surface area (Å²) in [5, 5.41) is 3.41. The van der Waals surface area contributed by atoms with E-state index in [2.05, 4.69) is 22.3 Å². The number of methoxy groups -OCH3 is 1. The molecule has 27 heavy (non-hydrogen) atoms. The number of benzene rings is 2. The Morgan fingerprint density at radius 3 is 2.48 bits per heavy atom. The van der Waals surface area contributed by atoms with Crippen molar-refractivity contribution >= 4 is 17.5 Å². The summed E-state index contributed by atoms with van der Waals surface area (Å²) in [6.07, 6.45) is 3.67. The molecule has 5 nitrogen and oxygen atoms in total. The molecule has 2 heterocycles. The third kappa shape index (κ3) is 4.19. The summed E-state index contributed by atoms with van der Waals surface area (Å²) in [5.74, 6) is 2.40. The molecule has 1 aliphatic rings. The number of anilines is 3. The third-order valence-electron chi connectivity index (χ3n) is 4.76. The maximum absolute atomic E-state index is 5.32. The van der Waals surface area contributed by atoms with E-state index < -0.39 is 0 Å². The smallest absolute Gasteiger partial charge is 0.227 e. The van der Waals surface area contributed by atoms with E-state index in [1.54, 1.807) is 7.11 Å². The number of aromatic nitrogens is 2. The lowest BCUT2D eigenvalue weighted by molar-refractivity contribution is 0.415. The Bertz CT molecular complexity index is 892. The number of nitrogens with zero attached hydrogens (tertiary/aromatic N) is 3. The van der Waals surface area contributed by atoms with Crippen LogP contribution in [0.15, 0.2) is 60.7 Å². The molecule has 5 heteroatoms. The van der Waals surface area contributed by atoms with E-state index in [0.717, 1.165) is 47.5 Å². The van der Waals surface area contributed by atoms with Gasteiger partial charge in [-0.3, -0.25) is 0 Å². The second-order valence-corrected chi connectivity index (χ2v) is 6.71. The Hall–Kier alpha value is -3.08. The summed E-state index contributed by atoms with van der Waals surface area (Å²) >= 11 is 0. The Balaban J connectivity index is 1.70. The highest BCUT2D eigenvalue weighted by atomic mass is 16.5. The van der Waals surface area contributed by atoms with Crippen molar-refractivity contribution in [3.8, 4) is 17.0 Å². The van der Waals surface area contributed by atoms with Crippen molar-refractivity contribution in [3.63, 3.8) is 0 Å². The van der Waals surface area contributed by atoms with E-state index in [9.17, 15) is 0 Å². The summed E-state index contributed by atoms with van der Waals surface area (Å²) in [4.78, 5) is 11.9. The van der Waals surface area contributed by atoms with Crippen LogP contribution in [0.1, 0.15) is 19.3 Å². The first kappa shape index (κ1) is 17.3. The highest BCUT2D eigenvalue weighted by molar-refractivity contribution is 5.68. The lowest BCUT2D eigenvalue weighted by Crippen LogP contribution is -2.31. The molecule has 3 aromatic rings. The molecule has 0 atom stereocenters. The summed E-state index contributed by atoms with van der Waals surface area (Å²) in [6, 6.07) is 20.1. The number of hydrogen-bond donors (Lipinski definition) is 1. The largest absolute Gasteiger partial charge is 0.497 e. The molecule has 1 fully saturated rings. The van der Waals surface area contributed by atoms with Gasteiger partial charge in [0.2, 0.25) is 5.95 Å². The molecule has 2 aromatic carbocycles. The van der Waals surface area contributed by atoms with E-state index in [1.807, 2.05) is 48.5 Å². The van der Waals surface area contributed by atoms with Crippen molar-refractivity contribution in [2.45, 2.75) is 19.3 Å². The molecule has 1 N–H and O–H groups in total. The van der Waals surface area contributed by atoms with Crippen LogP contribution in [-0.2, 0) is 0 Å². The maximum atomic E-state index is 5.32. The lowest BCUT2D eigenvalue weighted by atomic mass is 10.1. The Labute approximate surface area is 160 Å². The van der Waals surface area contributed by atoms with Crippen LogP contribution in [0.25, 0.3) is 11.3 Å². The van der Waals surface area contributed by atoms with Gasteiger partial charge in [-0.15, -0.1) is 0 Å². The van der Waals surface area contributed by atoms with Crippen LogP contribution in [0.3, 0.4) is 0 Å². The Morgan fingerprint density at radius 1 is 0.889 bits per heavy atom. The second kappa shape index (κ2) is 8.08. The predicted molar refractivity (Wildman–Crippen MR) is 110 cm³/mol. The van der Waals surface area contributed by atoms with Crippen molar-refractivity contribution in [2.75, 3.05) is 30.4 Å². The number of hydrogen-bond acceptors (Lipinski definition) is 5. The molecule has 0 bridgehead atoms. The predicted octanol–water partition coefficient (Wildman–Crippen LogP) is 4.89. The van der Waals surface area contributed by atoms with Crippen LogP contribution in [0.5, 0.6) is 5.75 Å². The van der Waals surface area contributed by atoms with Crippen molar-refractivity contribution < 1.29 is 4.74 Å². The molecule has 0 unspecified atom stereocenters. The molecule has 1 saturated heterocycles. The first-order chi connectivity index (χ1) is 13.3. The average Bonchev–Trinajstić information content (AvgIpc) is 2.75. The van der Waals surface area contributed by atoms with Crippen molar-refractivity contribution in [1.82, 2.24) is 9.97 Å². The summed E-state index contributed by atoms with van der Waals surface area (Å²) in [7, 11) is 1.67. The van der Waals surface area contributed by atoms with E-state index in [-0.39, 0.29) is 0 Å². The summed E-state index contributed by atoms with van der Waals surface area (Å²) < 4.78 is 5.32. The maximum Gasteiger partial charge on any atom is 0.227 e. The van der Waals surface area contributed by atoms with E-state index in [1.165, 1.54) is 19.3 Å². The number of piperidine rings is 1. The van der Waals surface area contributed by atoms with Crippen LogP contribution in [0.2, 0.25) is 0 Å². The zero-order chi connectivity index (χ0) is 18.5. The molecule has 1 aromatic heterocycles. The zero-order valence-electron chi connectivity index (χ0n) is 15.6. The van der Waals surface area contributed by atoms with Crippen LogP contribution in [0, 0.1) is 0 Å². The molecule has 1 aliphatic heterocycles. The molecule has 4 rings (SSSR count). The zero-order valence-corrected chi connectivity index (χ0v) is 15.6. The van der Waals surface area contributed by atoms with Gasteiger partial charge in [-0.05, 0) is 31.4 Å². The monoisotopic (exact) mass is 360 g/mol. The molecular weight excluding hydrogens is 336 g/mol. The van der Waals surface area contributed by atoms with Crippen LogP contribution in [-0.4, -0.2) is 30.2 Å². The quantitative estimate of drug-likeness (QED) is 0.702. The highest BCUT2D eigenvalue weighted by Crippen LogP contribution is 2.27. The highest BCUT2D eigenvalue weighted by Gasteiger charge is 2.16. The standard InChI is InChI=1S/C22H24N4O/c1-27-19-12-8-11-18(15-19)23-21-16-20(17-9-4-2-5-10-17)24-22(25-21)26-13-6-3-7-14-26/h2,4-5,8-12,15-16H,3,6-7,13-14H2,1H3,(H,23,24,25). The number of rotatable bonds is 5.